The predicted molar refractivity (Wildman–Crippen MR) is 118 cm³/mol. The summed E-state index contributed by atoms with van der Waals surface area (Å²) < 4.78 is 6.19. The molecule has 29 heavy (non-hydrogen) atoms. The Morgan fingerprint density at radius 1 is 0.966 bits per heavy atom. The number of ether oxygens (including phenoxy) is 1. The summed E-state index contributed by atoms with van der Waals surface area (Å²) >= 11 is 0. The molecule has 0 radical (unpaired) electrons. The average Bonchev–Trinajstić information content (AvgIpc) is 2.74. The number of hydrogen-bond acceptors (Lipinski definition) is 3. The Kier molecular flexibility index (Phi) is 6.68. The van der Waals surface area contributed by atoms with Crippen LogP contribution in [0.5, 0.6) is 0 Å². The number of amides is 1. The molecule has 0 aliphatic carbocycles. The van der Waals surface area contributed by atoms with Gasteiger partial charge in [-0.1, -0.05) is 60.2 Å². The van der Waals surface area contributed by atoms with Gasteiger partial charge in [-0.2, -0.15) is 0 Å². The van der Waals surface area contributed by atoms with Crippen molar-refractivity contribution in [2.45, 2.75) is 32.6 Å². The van der Waals surface area contributed by atoms with Crippen molar-refractivity contribution >= 4 is 11.6 Å². The Hall–Kier alpha value is -3.11. The van der Waals surface area contributed by atoms with E-state index in [0.29, 0.717) is 17.9 Å². The van der Waals surface area contributed by atoms with Crippen LogP contribution in [0.1, 0.15) is 40.0 Å². The zero-order valence-corrected chi connectivity index (χ0v) is 17.2. The lowest BCUT2D eigenvalue weighted by Gasteiger charge is -2.33. The van der Waals surface area contributed by atoms with Gasteiger partial charge < -0.3 is 15.4 Å². The second-order valence-corrected chi connectivity index (χ2v) is 7.40. The Labute approximate surface area is 172 Å². The van der Waals surface area contributed by atoms with Gasteiger partial charge in [0.1, 0.15) is 0 Å². The van der Waals surface area contributed by atoms with Crippen molar-refractivity contribution in [3.63, 3.8) is 0 Å². The maximum absolute atomic E-state index is 13.1. The van der Waals surface area contributed by atoms with Crippen LogP contribution in [0.3, 0.4) is 0 Å². The standard InChI is InChI=1S/C25H28N2O2/c1-18-9-11-21(12-10-18)24(19(2)29-17-20-7-5-4-6-8-20)27(3)25(28)22-13-15-23(26)16-14-22/h4-16,19,24H,17,26H2,1-3H3. The number of nitrogens with zero attached hydrogens (tertiary/aromatic N) is 1. The summed E-state index contributed by atoms with van der Waals surface area (Å²) in [5, 5.41) is 0. The predicted octanol–water partition coefficient (Wildman–Crippen LogP) is 5.00. The van der Waals surface area contributed by atoms with E-state index in [1.165, 1.54) is 5.56 Å². The molecule has 0 aliphatic rings. The first-order valence-electron chi connectivity index (χ1n) is 9.80. The number of hydrogen-bond donors (Lipinski definition) is 1. The molecule has 2 N–H and O–H groups in total. The van der Waals surface area contributed by atoms with E-state index in [9.17, 15) is 4.79 Å². The van der Waals surface area contributed by atoms with Crippen LogP contribution in [0.4, 0.5) is 5.69 Å². The highest BCUT2D eigenvalue weighted by molar-refractivity contribution is 5.94. The van der Waals surface area contributed by atoms with Gasteiger partial charge in [-0.3, -0.25) is 4.79 Å². The molecule has 150 valence electrons. The van der Waals surface area contributed by atoms with Gasteiger partial charge in [-0.15, -0.1) is 0 Å². The fraction of sp³-hybridized carbons (Fsp3) is 0.240. The van der Waals surface area contributed by atoms with Crippen molar-refractivity contribution in [1.29, 1.82) is 0 Å². The lowest BCUT2D eigenvalue weighted by molar-refractivity contribution is -0.00445. The molecule has 1 amide bonds. The molecule has 3 aromatic rings. The summed E-state index contributed by atoms with van der Waals surface area (Å²) in [6.07, 6.45) is -0.194. The van der Waals surface area contributed by atoms with Crippen LogP contribution >= 0.6 is 0 Å². The van der Waals surface area contributed by atoms with Gasteiger partial charge in [-0.25, -0.2) is 0 Å². The first-order chi connectivity index (χ1) is 14.0. The Morgan fingerprint density at radius 3 is 2.21 bits per heavy atom. The van der Waals surface area contributed by atoms with Crippen LogP contribution in [0, 0.1) is 6.92 Å². The third-order valence-corrected chi connectivity index (χ3v) is 5.11. The minimum Gasteiger partial charge on any atom is -0.399 e. The molecule has 0 fully saturated rings. The molecule has 0 saturated heterocycles. The van der Waals surface area contributed by atoms with E-state index in [2.05, 4.69) is 31.2 Å². The van der Waals surface area contributed by atoms with Gasteiger partial charge in [0.2, 0.25) is 0 Å². The molecule has 0 spiro atoms. The average molecular weight is 389 g/mol. The van der Waals surface area contributed by atoms with Crippen LogP contribution < -0.4 is 5.73 Å². The van der Waals surface area contributed by atoms with Crippen molar-refractivity contribution in [2.75, 3.05) is 12.8 Å². The Balaban J connectivity index is 1.84. The smallest absolute Gasteiger partial charge is 0.254 e. The summed E-state index contributed by atoms with van der Waals surface area (Å²) in [7, 11) is 1.82. The van der Waals surface area contributed by atoms with Crippen molar-refractivity contribution in [1.82, 2.24) is 4.90 Å². The van der Waals surface area contributed by atoms with Crippen LogP contribution in [0.15, 0.2) is 78.9 Å². The third-order valence-electron chi connectivity index (χ3n) is 5.11. The number of rotatable bonds is 7. The third kappa shape index (κ3) is 5.24. The molecule has 2 unspecified atom stereocenters. The van der Waals surface area contributed by atoms with Gasteiger partial charge >= 0.3 is 0 Å². The van der Waals surface area contributed by atoms with Gasteiger partial charge in [0.05, 0.1) is 18.8 Å². The number of benzene rings is 3. The molecule has 4 heteroatoms. The fourth-order valence-corrected chi connectivity index (χ4v) is 3.42. The van der Waals surface area contributed by atoms with E-state index in [1.54, 1.807) is 29.2 Å². The van der Waals surface area contributed by atoms with Crippen molar-refractivity contribution in [3.05, 3.63) is 101 Å². The molecule has 0 saturated carbocycles. The van der Waals surface area contributed by atoms with Gasteiger partial charge in [0, 0.05) is 18.3 Å². The van der Waals surface area contributed by atoms with E-state index >= 15 is 0 Å². The summed E-state index contributed by atoms with van der Waals surface area (Å²) in [6, 6.07) is 25.1. The van der Waals surface area contributed by atoms with Crippen LogP contribution in [-0.4, -0.2) is 24.0 Å². The van der Waals surface area contributed by atoms with Gasteiger partial charge in [-0.05, 0) is 49.2 Å². The first kappa shape index (κ1) is 20.6. The lowest BCUT2D eigenvalue weighted by atomic mass is 9.98. The monoisotopic (exact) mass is 388 g/mol. The molecule has 0 aliphatic heterocycles. The van der Waals surface area contributed by atoms with Gasteiger partial charge in [0.25, 0.3) is 5.91 Å². The van der Waals surface area contributed by atoms with E-state index < -0.39 is 0 Å². The molecule has 0 heterocycles. The Morgan fingerprint density at radius 2 is 1.59 bits per heavy atom. The lowest BCUT2D eigenvalue weighted by Crippen LogP contribution is -2.38. The summed E-state index contributed by atoms with van der Waals surface area (Å²) in [5.41, 5.74) is 10.3. The summed E-state index contributed by atoms with van der Waals surface area (Å²) in [5.74, 6) is -0.0641. The summed E-state index contributed by atoms with van der Waals surface area (Å²) in [4.78, 5) is 14.9. The largest absolute Gasteiger partial charge is 0.399 e. The highest BCUT2D eigenvalue weighted by atomic mass is 16.5. The molecule has 3 rings (SSSR count). The number of nitrogen functional groups attached to an aromatic ring is 1. The van der Waals surface area contributed by atoms with Crippen LogP contribution in [0.25, 0.3) is 0 Å². The van der Waals surface area contributed by atoms with E-state index in [0.717, 1.165) is 11.1 Å². The molecular formula is C25H28N2O2. The highest BCUT2D eigenvalue weighted by Gasteiger charge is 2.28. The topological polar surface area (TPSA) is 55.6 Å². The molecule has 2 atom stereocenters. The SMILES string of the molecule is Cc1ccc(C(C(C)OCc2ccccc2)N(C)C(=O)c2ccc(N)cc2)cc1. The van der Waals surface area contributed by atoms with E-state index in [4.69, 9.17) is 10.5 Å². The second kappa shape index (κ2) is 9.39. The number of likely N-dealkylation sites (N-methyl/N-ethyl adjacent to an activating group) is 1. The zero-order valence-electron chi connectivity index (χ0n) is 17.2. The number of aryl methyl sites for hydroxylation is 1. The molecule has 4 nitrogen and oxygen atoms in total. The van der Waals surface area contributed by atoms with Crippen LogP contribution in [0.2, 0.25) is 0 Å². The molecule has 0 aromatic heterocycles. The quantitative estimate of drug-likeness (QED) is 0.580. The van der Waals surface area contributed by atoms with Gasteiger partial charge in [0.15, 0.2) is 0 Å². The van der Waals surface area contributed by atoms with E-state index in [-0.39, 0.29) is 18.1 Å². The highest BCUT2D eigenvalue weighted by Crippen LogP contribution is 2.28. The second-order valence-electron chi connectivity index (χ2n) is 7.40. The maximum atomic E-state index is 13.1. The normalized spacial score (nSPS) is 12.9. The van der Waals surface area contributed by atoms with Crippen molar-refractivity contribution in [3.8, 4) is 0 Å². The molecular weight excluding hydrogens is 360 g/mol. The minimum atomic E-state index is -0.218. The zero-order chi connectivity index (χ0) is 20.8. The number of carbonyl (C=O) groups is 1. The fourth-order valence-electron chi connectivity index (χ4n) is 3.42. The Bertz CT molecular complexity index is 921. The minimum absolute atomic E-state index is 0.0641. The number of nitrogens with two attached hydrogens (primary N) is 1. The first-order valence-corrected chi connectivity index (χ1v) is 9.80. The van der Waals surface area contributed by atoms with Crippen molar-refractivity contribution in [2.24, 2.45) is 0 Å². The van der Waals surface area contributed by atoms with Crippen molar-refractivity contribution < 1.29 is 9.53 Å². The van der Waals surface area contributed by atoms with Crippen LogP contribution in [-0.2, 0) is 11.3 Å². The number of carbonyl (C=O) groups excluding carboxylic acids is 1. The molecule has 0 bridgehead atoms. The maximum Gasteiger partial charge on any atom is 0.254 e. The number of anilines is 1. The van der Waals surface area contributed by atoms with E-state index in [1.807, 2.05) is 44.3 Å². The molecule has 3 aromatic carbocycles. The summed E-state index contributed by atoms with van der Waals surface area (Å²) in [6.45, 7) is 4.56.